The van der Waals surface area contributed by atoms with Gasteiger partial charge in [0.25, 0.3) is 0 Å². The zero-order valence-corrected chi connectivity index (χ0v) is 7.30. The van der Waals surface area contributed by atoms with Crippen molar-refractivity contribution in [3.8, 4) is 0 Å². The molecule has 0 N–H and O–H groups in total. The van der Waals surface area contributed by atoms with Gasteiger partial charge in [0.1, 0.15) is 6.10 Å². The molecule has 3 nitrogen and oxygen atoms in total. The average Bonchev–Trinajstić information content (AvgIpc) is 1.96. The van der Waals surface area contributed by atoms with Crippen molar-refractivity contribution in [3.63, 3.8) is 0 Å². The first-order valence-corrected chi connectivity index (χ1v) is 3.93. The molecule has 1 aliphatic rings. The maximum atomic E-state index is 10.5. The van der Waals surface area contributed by atoms with Crippen LogP contribution in [0, 0.1) is 0 Å². The van der Waals surface area contributed by atoms with Crippen molar-refractivity contribution < 1.29 is 14.3 Å². The molecule has 0 aromatic heterocycles. The Labute approximate surface area is 70.6 Å². The number of methoxy groups -OCH3 is 1. The largest absolute Gasteiger partial charge is 0.461 e. The third-order valence-electron chi connectivity index (χ3n) is 1.80. The SMILES string of the molecule is CO[C@@H]1C[C@@H](OC(C)=O)[C@@H]1Cl. The van der Waals surface area contributed by atoms with Crippen LogP contribution in [0.2, 0.25) is 0 Å². The summed E-state index contributed by atoms with van der Waals surface area (Å²) >= 11 is 5.82. The number of esters is 1. The van der Waals surface area contributed by atoms with Gasteiger partial charge in [-0.15, -0.1) is 11.6 Å². The van der Waals surface area contributed by atoms with E-state index >= 15 is 0 Å². The Morgan fingerprint density at radius 2 is 2.18 bits per heavy atom. The van der Waals surface area contributed by atoms with Crippen molar-refractivity contribution in [1.29, 1.82) is 0 Å². The molecular weight excluding hydrogens is 168 g/mol. The summed E-state index contributed by atoms with van der Waals surface area (Å²) < 4.78 is 9.87. The van der Waals surface area contributed by atoms with Crippen LogP contribution in [0.15, 0.2) is 0 Å². The van der Waals surface area contributed by atoms with Crippen LogP contribution < -0.4 is 0 Å². The molecule has 0 spiro atoms. The van der Waals surface area contributed by atoms with Crippen molar-refractivity contribution in [1.82, 2.24) is 0 Å². The molecule has 0 aromatic carbocycles. The lowest BCUT2D eigenvalue weighted by atomic mass is 9.91. The smallest absolute Gasteiger partial charge is 0.302 e. The summed E-state index contributed by atoms with van der Waals surface area (Å²) in [6.07, 6.45) is 0.602. The maximum absolute atomic E-state index is 10.5. The molecule has 4 heteroatoms. The normalized spacial score (nSPS) is 36.1. The van der Waals surface area contributed by atoms with Crippen molar-refractivity contribution in [2.75, 3.05) is 7.11 Å². The van der Waals surface area contributed by atoms with Gasteiger partial charge in [0.15, 0.2) is 0 Å². The lowest BCUT2D eigenvalue weighted by Gasteiger charge is -2.38. The second-order valence-corrected chi connectivity index (χ2v) is 3.11. The molecule has 0 aliphatic heterocycles. The zero-order chi connectivity index (χ0) is 8.43. The Kier molecular flexibility index (Phi) is 2.73. The standard InChI is InChI=1S/C7H11ClO3/c1-4(9)11-6-3-5(10-2)7(6)8/h5-7H,3H2,1-2H3/t5-,6-,7-/m1/s1. The molecule has 11 heavy (non-hydrogen) atoms. The van der Waals surface area contributed by atoms with Gasteiger partial charge in [-0.1, -0.05) is 0 Å². The number of ether oxygens (including phenoxy) is 2. The van der Waals surface area contributed by atoms with Crippen LogP contribution in [0.3, 0.4) is 0 Å². The van der Waals surface area contributed by atoms with Crippen molar-refractivity contribution in [2.24, 2.45) is 0 Å². The Morgan fingerprint density at radius 3 is 2.55 bits per heavy atom. The van der Waals surface area contributed by atoms with E-state index in [1.165, 1.54) is 6.92 Å². The van der Waals surface area contributed by atoms with E-state index in [2.05, 4.69) is 0 Å². The molecule has 0 amide bonds. The number of carbonyl (C=O) groups is 1. The molecule has 1 aliphatic carbocycles. The van der Waals surface area contributed by atoms with Gasteiger partial charge >= 0.3 is 5.97 Å². The summed E-state index contributed by atoms with van der Waals surface area (Å²) in [6.45, 7) is 1.38. The van der Waals surface area contributed by atoms with Crippen LogP contribution in [0.25, 0.3) is 0 Å². The second kappa shape index (κ2) is 3.41. The first kappa shape index (κ1) is 8.81. The van der Waals surface area contributed by atoms with Gasteiger partial charge in [0, 0.05) is 20.5 Å². The van der Waals surface area contributed by atoms with E-state index in [1.54, 1.807) is 7.11 Å². The van der Waals surface area contributed by atoms with Gasteiger partial charge < -0.3 is 9.47 Å². The highest BCUT2D eigenvalue weighted by Gasteiger charge is 2.42. The number of hydrogen-bond donors (Lipinski definition) is 0. The van der Waals surface area contributed by atoms with E-state index in [-0.39, 0.29) is 23.6 Å². The summed E-state index contributed by atoms with van der Waals surface area (Å²) in [5.41, 5.74) is 0. The van der Waals surface area contributed by atoms with Gasteiger partial charge in [-0.3, -0.25) is 4.79 Å². The molecule has 1 fully saturated rings. The first-order valence-electron chi connectivity index (χ1n) is 3.49. The van der Waals surface area contributed by atoms with E-state index in [9.17, 15) is 4.79 Å². The summed E-state index contributed by atoms with van der Waals surface area (Å²) in [4.78, 5) is 10.5. The van der Waals surface area contributed by atoms with Crippen LogP contribution in [-0.4, -0.2) is 30.7 Å². The predicted octanol–water partition coefficient (Wildman–Crippen LogP) is 0.944. The molecule has 0 bridgehead atoms. The minimum atomic E-state index is -0.282. The number of alkyl halides is 1. The number of hydrogen-bond acceptors (Lipinski definition) is 3. The Bertz CT molecular complexity index is 160. The average molecular weight is 179 g/mol. The molecule has 1 saturated carbocycles. The molecule has 0 heterocycles. The van der Waals surface area contributed by atoms with Crippen LogP contribution in [0.1, 0.15) is 13.3 Å². The van der Waals surface area contributed by atoms with Gasteiger partial charge in [-0.25, -0.2) is 0 Å². The highest BCUT2D eigenvalue weighted by atomic mass is 35.5. The minimum absolute atomic E-state index is 0.0426. The van der Waals surface area contributed by atoms with Crippen LogP contribution in [0.5, 0.6) is 0 Å². The highest BCUT2D eigenvalue weighted by Crippen LogP contribution is 2.31. The summed E-state index contributed by atoms with van der Waals surface area (Å²) in [7, 11) is 1.60. The highest BCUT2D eigenvalue weighted by molar-refractivity contribution is 6.22. The van der Waals surface area contributed by atoms with Crippen molar-refractivity contribution >= 4 is 17.6 Å². The molecular formula is C7H11ClO3. The third-order valence-corrected chi connectivity index (χ3v) is 2.36. The topological polar surface area (TPSA) is 35.5 Å². The van der Waals surface area contributed by atoms with E-state index in [4.69, 9.17) is 21.1 Å². The lowest BCUT2D eigenvalue weighted by Crippen LogP contribution is -2.50. The molecule has 0 saturated heterocycles. The van der Waals surface area contributed by atoms with E-state index in [0.29, 0.717) is 6.42 Å². The second-order valence-electron chi connectivity index (χ2n) is 2.60. The van der Waals surface area contributed by atoms with Gasteiger partial charge in [-0.2, -0.15) is 0 Å². The van der Waals surface area contributed by atoms with Gasteiger partial charge in [0.05, 0.1) is 11.5 Å². The predicted molar refractivity (Wildman–Crippen MR) is 40.6 cm³/mol. The van der Waals surface area contributed by atoms with E-state index < -0.39 is 0 Å². The fraction of sp³-hybridized carbons (Fsp3) is 0.857. The number of carbonyl (C=O) groups excluding carboxylic acids is 1. The summed E-state index contributed by atoms with van der Waals surface area (Å²) in [6, 6.07) is 0. The molecule has 1 rings (SSSR count). The first-order chi connectivity index (χ1) is 5.15. The fourth-order valence-corrected chi connectivity index (χ4v) is 1.45. The minimum Gasteiger partial charge on any atom is -0.461 e. The van der Waals surface area contributed by atoms with Gasteiger partial charge in [-0.05, 0) is 0 Å². The molecule has 0 radical (unpaired) electrons. The summed E-state index contributed by atoms with van der Waals surface area (Å²) in [5.74, 6) is -0.282. The Balaban J connectivity index is 2.27. The maximum Gasteiger partial charge on any atom is 0.302 e. The Hall–Kier alpha value is -0.280. The molecule has 64 valence electrons. The van der Waals surface area contributed by atoms with Crippen LogP contribution in [-0.2, 0) is 14.3 Å². The Morgan fingerprint density at radius 1 is 1.55 bits per heavy atom. The van der Waals surface area contributed by atoms with Crippen molar-refractivity contribution in [3.05, 3.63) is 0 Å². The quantitative estimate of drug-likeness (QED) is 0.467. The number of halogens is 1. The van der Waals surface area contributed by atoms with Crippen LogP contribution in [0.4, 0.5) is 0 Å². The van der Waals surface area contributed by atoms with Crippen molar-refractivity contribution in [2.45, 2.75) is 30.9 Å². The van der Waals surface area contributed by atoms with E-state index in [1.807, 2.05) is 0 Å². The molecule has 3 atom stereocenters. The number of rotatable bonds is 2. The third kappa shape index (κ3) is 1.84. The van der Waals surface area contributed by atoms with Gasteiger partial charge in [0.2, 0.25) is 0 Å². The molecule has 0 aromatic rings. The molecule has 0 unspecified atom stereocenters. The lowest BCUT2D eigenvalue weighted by molar-refractivity contribution is -0.156. The van der Waals surface area contributed by atoms with Crippen LogP contribution >= 0.6 is 11.6 Å². The summed E-state index contributed by atoms with van der Waals surface area (Å²) in [5, 5.41) is -0.177. The zero-order valence-electron chi connectivity index (χ0n) is 6.54. The van der Waals surface area contributed by atoms with E-state index in [0.717, 1.165) is 0 Å². The monoisotopic (exact) mass is 178 g/mol. The fourth-order valence-electron chi connectivity index (χ4n) is 1.09.